The molecule has 0 radical (unpaired) electrons. The van der Waals surface area contributed by atoms with E-state index in [1.165, 1.54) is 70.8 Å². The standard InChI is InChI=1S/C18H36N2O/c1-3-4-5-6-7-8-9-10-11-12-13-19-14-16-20(17-15-19)18(2)21/h3-17H2,1-2H3. The molecule has 0 aliphatic carbocycles. The van der Waals surface area contributed by atoms with Gasteiger partial charge in [0.2, 0.25) is 5.91 Å². The predicted molar refractivity (Wildman–Crippen MR) is 90.5 cm³/mol. The minimum Gasteiger partial charge on any atom is -0.340 e. The maximum atomic E-state index is 11.3. The maximum Gasteiger partial charge on any atom is 0.219 e. The van der Waals surface area contributed by atoms with Crippen LogP contribution in [0, 0.1) is 0 Å². The minimum absolute atomic E-state index is 0.230. The number of unbranched alkanes of at least 4 members (excludes halogenated alkanes) is 9. The topological polar surface area (TPSA) is 23.6 Å². The number of rotatable bonds is 11. The van der Waals surface area contributed by atoms with Gasteiger partial charge in [0.25, 0.3) is 0 Å². The van der Waals surface area contributed by atoms with Crippen LogP contribution in [0.15, 0.2) is 0 Å². The summed E-state index contributed by atoms with van der Waals surface area (Å²) in [5.41, 5.74) is 0. The Labute approximate surface area is 132 Å². The van der Waals surface area contributed by atoms with Gasteiger partial charge in [-0.15, -0.1) is 0 Å². The normalized spacial score (nSPS) is 16.4. The zero-order chi connectivity index (χ0) is 15.3. The van der Waals surface area contributed by atoms with Crippen molar-refractivity contribution in [1.82, 2.24) is 9.80 Å². The van der Waals surface area contributed by atoms with Gasteiger partial charge < -0.3 is 4.90 Å². The van der Waals surface area contributed by atoms with Crippen LogP contribution in [0.2, 0.25) is 0 Å². The minimum atomic E-state index is 0.230. The van der Waals surface area contributed by atoms with Crippen LogP contribution in [0.4, 0.5) is 0 Å². The molecule has 21 heavy (non-hydrogen) atoms. The Hall–Kier alpha value is -0.570. The molecule has 1 aliphatic heterocycles. The molecule has 0 spiro atoms. The van der Waals surface area contributed by atoms with E-state index >= 15 is 0 Å². The average molecular weight is 296 g/mol. The summed E-state index contributed by atoms with van der Waals surface area (Å²) in [5.74, 6) is 0.230. The fraction of sp³-hybridized carbons (Fsp3) is 0.944. The Morgan fingerprint density at radius 3 is 1.71 bits per heavy atom. The van der Waals surface area contributed by atoms with Crippen molar-refractivity contribution < 1.29 is 4.79 Å². The van der Waals surface area contributed by atoms with Gasteiger partial charge in [-0.1, -0.05) is 64.7 Å². The van der Waals surface area contributed by atoms with Crippen LogP contribution in [-0.2, 0) is 4.79 Å². The lowest BCUT2D eigenvalue weighted by Crippen LogP contribution is -2.48. The molecule has 0 aromatic rings. The Bertz CT molecular complexity index is 260. The first-order valence-corrected chi connectivity index (χ1v) is 9.22. The molecule has 0 atom stereocenters. The monoisotopic (exact) mass is 296 g/mol. The molecular formula is C18H36N2O. The van der Waals surface area contributed by atoms with Crippen molar-refractivity contribution in [1.29, 1.82) is 0 Å². The molecule has 0 N–H and O–H groups in total. The van der Waals surface area contributed by atoms with E-state index in [-0.39, 0.29) is 5.91 Å². The number of hydrogen-bond acceptors (Lipinski definition) is 2. The van der Waals surface area contributed by atoms with E-state index in [4.69, 9.17) is 0 Å². The Kier molecular flexibility index (Phi) is 10.6. The van der Waals surface area contributed by atoms with Crippen molar-refractivity contribution in [2.24, 2.45) is 0 Å². The quantitative estimate of drug-likeness (QED) is 0.537. The van der Waals surface area contributed by atoms with E-state index in [1.807, 2.05) is 4.90 Å². The van der Waals surface area contributed by atoms with E-state index < -0.39 is 0 Å². The number of carbonyl (C=O) groups excluding carboxylic acids is 1. The highest BCUT2D eigenvalue weighted by Crippen LogP contribution is 2.11. The van der Waals surface area contributed by atoms with Gasteiger partial charge in [-0.3, -0.25) is 9.69 Å². The largest absolute Gasteiger partial charge is 0.340 e. The van der Waals surface area contributed by atoms with Crippen LogP contribution in [-0.4, -0.2) is 48.4 Å². The molecular weight excluding hydrogens is 260 g/mol. The molecule has 0 aromatic heterocycles. The fourth-order valence-electron chi connectivity index (χ4n) is 3.11. The van der Waals surface area contributed by atoms with Crippen molar-refractivity contribution >= 4 is 5.91 Å². The first-order valence-electron chi connectivity index (χ1n) is 9.22. The molecule has 1 rings (SSSR count). The summed E-state index contributed by atoms with van der Waals surface area (Å²) < 4.78 is 0. The average Bonchev–Trinajstić information content (AvgIpc) is 2.49. The zero-order valence-corrected chi connectivity index (χ0v) is 14.4. The first-order chi connectivity index (χ1) is 10.2. The highest BCUT2D eigenvalue weighted by Gasteiger charge is 2.17. The van der Waals surface area contributed by atoms with Gasteiger partial charge >= 0.3 is 0 Å². The molecule has 3 heteroatoms. The molecule has 124 valence electrons. The molecule has 3 nitrogen and oxygen atoms in total. The second-order valence-corrected chi connectivity index (χ2v) is 6.53. The van der Waals surface area contributed by atoms with Gasteiger partial charge in [0.05, 0.1) is 0 Å². The van der Waals surface area contributed by atoms with Crippen LogP contribution >= 0.6 is 0 Å². The van der Waals surface area contributed by atoms with Gasteiger partial charge in [0.15, 0.2) is 0 Å². The molecule has 1 aliphatic rings. The van der Waals surface area contributed by atoms with Crippen LogP contribution in [0.25, 0.3) is 0 Å². The molecule has 1 amide bonds. The van der Waals surface area contributed by atoms with Crippen molar-refractivity contribution in [2.75, 3.05) is 32.7 Å². The molecule has 1 fully saturated rings. The summed E-state index contributed by atoms with van der Waals surface area (Å²) >= 11 is 0. The van der Waals surface area contributed by atoms with Gasteiger partial charge in [-0.2, -0.15) is 0 Å². The Balaban J connectivity index is 1.84. The summed E-state index contributed by atoms with van der Waals surface area (Å²) in [6, 6.07) is 0. The lowest BCUT2D eigenvalue weighted by Gasteiger charge is -2.34. The third-order valence-electron chi connectivity index (χ3n) is 4.65. The molecule has 0 bridgehead atoms. The highest BCUT2D eigenvalue weighted by atomic mass is 16.2. The van der Waals surface area contributed by atoms with Crippen LogP contribution < -0.4 is 0 Å². The van der Waals surface area contributed by atoms with Crippen LogP contribution in [0.1, 0.15) is 78.1 Å². The zero-order valence-electron chi connectivity index (χ0n) is 14.4. The second-order valence-electron chi connectivity index (χ2n) is 6.53. The molecule has 0 unspecified atom stereocenters. The lowest BCUT2D eigenvalue weighted by atomic mass is 10.1. The van der Waals surface area contributed by atoms with Gasteiger partial charge in [0.1, 0.15) is 0 Å². The number of piperazine rings is 1. The van der Waals surface area contributed by atoms with Gasteiger partial charge in [0, 0.05) is 33.1 Å². The summed E-state index contributed by atoms with van der Waals surface area (Å²) in [5, 5.41) is 0. The third kappa shape index (κ3) is 9.13. The van der Waals surface area contributed by atoms with Crippen LogP contribution in [0.3, 0.4) is 0 Å². The summed E-state index contributed by atoms with van der Waals surface area (Å²) in [4.78, 5) is 15.7. The van der Waals surface area contributed by atoms with Crippen molar-refractivity contribution in [3.8, 4) is 0 Å². The third-order valence-corrected chi connectivity index (χ3v) is 4.65. The number of amides is 1. The molecule has 1 saturated heterocycles. The van der Waals surface area contributed by atoms with E-state index in [0.29, 0.717) is 0 Å². The number of nitrogens with zero attached hydrogens (tertiary/aromatic N) is 2. The van der Waals surface area contributed by atoms with E-state index in [2.05, 4.69) is 11.8 Å². The number of hydrogen-bond donors (Lipinski definition) is 0. The van der Waals surface area contributed by atoms with Gasteiger partial charge in [-0.25, -0.2) is 0 Å². The molecule has 1 heterocycles. The fourth-order valence-corrected chi connectivity index (χ4v) is 3.11. The van der Waals surface area contributed by atoms with Crippen molar-refractivity contribution in [3.05, 3.63) is 0 Å². The van der Waals surface area contributed by atoms with Crippen molar-refractivity contribution in [3.63, 3.8) is 0 Å². The van der Waals surface area contributed by atoms with Gasteiger partial charge in [-0.05, 0) is 13.0 Å². The molecule has 0 aromatic carbocycles. The first kappa shape index (κ1) is 18.5. The van der Waals surface area contributed by atoms with E-state index in [1.54, 1.807) is 6.92 Å². The Morgan fingerprint density at radius 1 is 0.762 bits per heavy atom. The second kappa shape index (κ2) is 12.0. The SMILES string of the molecule is CCCCCCCCCCCCN1CCN(C(C)=O)CC1. The van der Waals surface area contributed by atoms with Crippen molar-refractivity contribution in [2.45, 2.75) is 78.1 Å². The van der Waals surface area contributed by atoms with E-state index in [0.717, 1.165) is 26.2 Å². The Morgan fingerprint density at radius 2 is 1.24 bits per heavy atom. The lowest BCUT2D eigenvalue weighted by molar-refractivity contribution is -0.130. The summed E-state index contributed by atoms with van der Waals surface area (Å²) in [6.45, 7) is 9.16. The van der Waals surface area contributed by atoms with Crippen LogP contribution in [0.5, 0.6) is 0 Å². The molecule has 0 saturated carbocycles. The number of carbonyl (C=O) groups is 1. The maximum absolute atomic E-state index is 11.3. The summed E-state index contributed by atoms with van der Waals surface area (Å²) in [6.07, 6.45) is 14.0. The van der Waals surface area contributed by atoms with E-state index in [9.17, 15) is 4.79 Å². The summed E-state index contributed by atoms with van der Waals surface area (Å²) in [7, 11) is 0. The smallest absolute Gasteiger partial charge is 0.219 e. The predicted octanol–water partition coefficient (Wildman–Crippen LogP) is 4.07. The highest BCUT2D eigenvalue weighted by molar-refractivity contribution is 5.73.